The third-order valence-electron chi connectivity index (χ3n) is 3.59. The Kier molecular flexibility index (Phi) is 6.37. The van der Waals surface area contributed by atoms with Gasteiger partial charge in [-0.1, -0.05) is 0 Å². The average molecular weight is 336 g/mol. The summed E-state index contributed by atoms with van der Waals surface area (Å²) in [5.74, 6) is 0.666. The van der Waals surface area contributed by atoms with Gasteiger partial charge in [-0.3, -0.25) is 4.79 Å². The number of anilines is 1. The highest BCUT2D eigenvalue weighted by atomic mass is 16.7. The molecule has 1 aliphatic heterocycles. The largest absolute Gasteiger partial charge is 0.493 e. The number of benzene rings is 1. The van der Waals surface area contributed by atoms with Gasteiger partial charge in [-0.15, -0.1) is 0 Å². The van der Waals surface area contributed by atoms with Gasteiger partial charge in [-0.25, -0.2) is 0 Å². The predicted octanol–water partition coefficient (Wildman–Crippen LogP) is -0.598. The molecule has 24 heavy (non-hydrogen) atoms. The zero-order valence-corrected chi connectivity index (χ0v) is 14.0. The summed E-state index contributed by atoms with van der Waals surface area (Å²) in [5.41, 5.74) is 0.697. The molecule has 0 aromatic heterocycles. The molecule has 1 atom stereocenters. The molecular formula is C16H22N3O5+. The maximum atomic E-state index is 12.2. The average Bonchev–Trinajstić information content (AvgIpc) is 3.06. The number of nitrogens with one attached hydrogen (secondary N) is 2. The van der Waals surface area contributed by atoms with E-state index in [1.54, 1.807) is 6.07 Å². The van der Waals surface area contributed by atoms with Gasteiger partial charge in [-0.05, 0) is 0 Å². The Morgan fingerprint density at radius 3 is 2.54 bits per heavy atom. The number of likely N-dealkylation sites (N-methyl/N-ethyl adjacent to an activating group) is 1. The van der Waals surface area contributed by atoms with Crippen LogP contribution in [0.2, 0.25) is 0 Å². The fourth-order valence-electron chi connectivity index (χ4n) is 2.43. The third kappa shape index (κ3) is 4.58. The lowest BCUT2D eigenvalue weighted by Gasteiger charge is -2.17. The number of hydrogen-bond donors (Lipinski definition) is 2. The number of nitrogens with zero attached hydrogens (tertiary/aromatic N) is 1. The molecule has 130 valence electrons. The molecule has 8 nitrogen and oxygen atoms in total. The number of quaternary nitrogens is 1. The maximum absolute atomic E-state index is 12.2. The highest BCUT2D eigenvalue weighted by Gasteiger charge is 2.22. The molecule has 0 radical (unpaired) electrons. The monoisotopic (exact) mass is 336 g/mol. The minimum atomic E-state index is -0.270. The third-order valence-corrected chi connectivity index (χ3v) is 3.59. The number of carbonyl (C=O) groups excluding carboxylic acids is 1. The SMILES string of the molecule is COc1cc(C#N)c(NC(=O)C[NH+](C)CC2OCCO2)cc1OC. The Morgan fingerprint density at radius 2 is 1.96 bits per heavy atom. The molecule has 1 aromatic carbocycles. The van der Waals surface area contributed by atoms with Crippen molar-refractivity contribution in [3.63, 3.8) is 0 Å². The van der Waals surface area contributed by atoms with E-state index in [0.717, 1.165) is 4.90 Å². The van der Waals surface area contributed by atoms with Gasteiger partial charge in [0.2, 0.25) is 6.29 Å². The molecule has 1 aliphatic rings. The van der Waals surface area contributed by atoms with Gasteiger partial charge in [0.1, 0.15) is 12.6 Å². The van der Waals surface area contributed by atoms with Crippen LogP contribution >= 0.6 is 0 Å². The topological polar surface area (TPSA) is 94.3 Å². The fourth-order valence-corrected chi connectivity index (χ4v) is 2.43. The molecule has 0 bridgehead atoms. The van der Waals surface area contributed by atoms with Crippen molar-refractivity contribution in [1.29, 1.82) is 5.26 Å². The highest BCUT2D eigenvalue weighted by molar-refractivity contribution is 5.93. The molecule has 1 amide bonds. The Labute approximate surface area is 140 Å². The second kappa shape index (κ2) is 8.49. The summed E-state index contributed by atoms with van der Waals surface area (Å²) < 4.78 is 21.1. The molecule has 0 spiro atoms. The van der Waals surface area contributed by atoms with Crippen LogP contribution in [0.25, 0.3) is 0 Å². The number of amides is 1. The van der Waals surface area contributed by atoms with Gasteiger partial charge in [-0.2, -0.15) is 5.26 Å². The van der Waals surface area contributed by atoms with Crippen molar-refractivity contribution >= 4 is 11.6 Å². The van der Waals surface area contributed by atoms with Gasteiger partial charge in [0, 0.05) is 12.1 Å². The van der Waals surface area contributed by atoms with Crippen LogP contribution in [0.5, 0.6) is 11.5 Å². The van der Waals surface area contributed by atoms with Crippen molar-refractivity contribution in [3.8, 4) is 17.6 Å². The van der Waals surface area contributed by atoms with Crippen LogP contribution in [-0.2, 0) is 14.3 Å². The molecule has 0 aliphatic carbocycles. The lowest BCUT2D eigenvalue weighted by Crippen LogP contribution is -3.11. The minimum absolute atomic E-state index is 0.214. The van der Waals surface area contributed by atoms with Crippen LogP contribution in [0.3, 0.4) is 0 Å². The van der Waals surface area contributed by atoms with E-state index in [1.807, 2.05) is 13.1 Å². The first-order valence-electron chi connectivity index (χ1n) is 7.57. The lowest BCUT2D eigenvalue weighted by molar-refractivity contribution is -0.877. The van der Waals surface area contributed by atoms with Gasteiger partial charge >= 0.3 is 0 Å². The van der Waals surface area contributed by atoms with E-state index in [-0.39, 0.29) is 18.7 Å². The summed E-state index contributed by atoms with van der Waals surface area (Å²) in [6.45, 7) is 1.97. The molecular weight excluding hydrogens is 314 g/mol. The molecule has 1 aromatic rings. The smallest absolute Gasteiger partial charge is 0.279 e. The minimum Gasteiger partial charge on any atom is -0.493 e. The number of carbonyl (C=O) groups is 1. The molecule has 8 heteroatoms. The molecule has 1 unspecified atom stereocenters. The number of methoxy groups -OCH3 is 2. The summed E-state index contributed by atoms with van der Waals surface area (Å²) in [6.07, 6.45) is -0.270. The van der Waals surface area contributed by atoms with Gasteiger partial charge < -0.3 is 29.2 Å². The van der Waals surface area contributed by atoms with E-state index in [2.05, 4.69) is 5.32 Å². The number of ether oxygens (including phenoxy) is 4. The van der Waals surface area contributed by atoms with Crippen molar-refractivity contribution < 1.29 is 28.6 Å². The van der Waals surface area contributed by atoms with E-state index in [0.29, 0.717) is 42.5 Å². The van der Waals surface area contributed by atoms with Crippen molar-refractivity contribution in [2.75, 3.05) is 52.9 Å². The fraction of sp³-hybridized carbons (Fsp3) is 0.500. The first-order valence-corrected chi connectivity index (χ1v) is 7.57. The second-order valence-corrected chi connectivity index (χ2v) is 5.42. The van der Waals surface area contributed by atoms with Crippen molar-refractivity contribution in [3.05, 3.63) is 17.7 Å². The quantitative estimate of drug-likeness (QED) is 0.691. The molecule has 1 heterocycles. The lowest BCUT2D eigenvalue weighted by atomic mass is 10.1. The summed E-state index contributed by atoms with van der Waals surface area (Å²) in [7, 11) is 4.86. The van der Waals surface area contributed by atoms with Crippen LogP contribution in [0, 0.1) is 11.3 Å². The van der Waals surface area contributed by atoms with Crippen LogP contribution in [-0.4, -0.2) is 59.8 Å². The summed E-state index contributed by atoms with van der Waals surface area (Å²) in [5, 5.41) is 12.0. The second-order valence-electron chi connectivity index (χ2n) is 5.42. The number of nitriles is 1. The van der Waals surface area contributed by atoms with Crippen LogP contribution in [0.1, 0.15) is 5.56 Å². The van der Waals surface area contributed by atoms with Gasteiger partial charge in [0.25, 0.3) is 5.91 Å². The number of rotatable bonds is 7. The molecule has 1 saturated heterocycles. The van der Waals surface area contributed by atoms with Crippen molar-refractivity contribution in [2.45, 2.75) is 6.29 Å². The Hall–Kier alpha value is -2.34. The standard InChI is InChI=1S/C16H21N3O5/c1-19(10-16-23-4-5-24-16)9-15(20)18-12-7-14(22-3)13(21-2)6-11(12)8-17/h6-7,16H,4-5,9-10H2,1-3H3,(H,18,20)/p+1. The van der Waals surface area contributed by atoms with Gasteiger partial charge in [0.15, 0.2) is 18.0 Å². The number of hydrogen-bond acceptors (Lipinski definition) is 6. The summed E-state index contributed by atoms with van der Waals surface area (Å²) in [4.78, 5) is 13.2. The Balaban J connectivity index is 2.01. The first-order chi connectivity index (χ1) is 11.6. The normalized spacial score (nSPS) is 15.6. The zero-order valence-electron chi connectivity index (χ0n) is 14.0. The van der Waals surface area contributed by atoms with Crippen LogP contribution in [0.4, 0.5) is 5.69 Å². The Bertz CT molecular complexity index is 623. The van der Waals surface area contributed by atoms with Crippen LogP contribution in [0.15, 0.2) is 12.1 Å². The summed E-state index contributed by atoms with van der Waals surface area (Å²) in [6, 6.07) is 5.15. The maximum Gasteiger partial charge on any atom is 0.279 e. The first kappa shape index (κ1) is 18.0. The molecule has 2 rings (SSSR count). The van der Waals surface area contributed by atoms with Crippen molar-refractivity contribution in [2.24, 2.45) is 0 Å². The highest BCUT2D eigenvalue weighted by Crippen LogP contribution is 2.32. The predicted molar refractivity (Wildman–Crippen MR) is 85.2 cm³/mol. The van der Waals surface area contributed by atoms with E-state index in [4.69, 9.17) is 18.9 Å². The van der Waals surface area contributed by atoms with E-state index < -0.39 is 0 Å². The molecule has 0 saturated carbocycles. The zero-order chi connectivity index (χ0) is 17.5. The molecule has 2 N–H and O–H groups in total. The van der Waals surface area contributed by atoms with E-state index in [9.17, 15) is 10.1 Å². The van der Waals surface area contributed by atoms with E-state index in [1.165, 1.54) is 20.3 Å². The van der Waals surface area contributed by atoms with Crippen LogP contribution < -0.4 is 19.7 Å². The Morgan fingerprint density at radius 1 is 1.33 bits per heavy atom. The summed E-state index contributed by atoms with van der Waals surface area (Å²) >= 11 is 0. The van der Waals surface area contributed by atoms with E-state index >= 15 is 0 Å². The van der Waals surface area contributed by atoms with Crippen molar-refractivity contribution in [1.82, 2.24) is 0 Å². The molecule has 1 fully saturated rings. The van der Waals surface area contributed by atoms with Gasteiger partial charge in [0.05, 0.1) is 45.7 Å².